The summed E-state index contributed by atoms with van der Waals surface area (Å²) < 4.78 is 6.16. The second-order valence-electron chi connectivity index (χ2n) is 5.68. The van der Waals surface area contributed by atoms with E-state index in [9.17, 15) is 0 Å². The van der Waals surface area contributed by atoms with Crippen LogP contribution in [-0.4, -0.2) is 15.6 Å². The van der Waals surface area contributed by atoms with Crippen molar-refractivity contribution in [2.24, 2.45) is 0 Å². The summed E-state index contributed by atoms with van der Waals surface area (Å²) in [5.41, 5.74) is 0. The Balaban J connectivity index is 2.24. The summed E-state index contributed by atoms with van der Waals surface area (Å²) in [6.45, 7) is 5.41. The molecule has 0 N–H and O–H groups in total. The Hall–Kier alpha value is -0.603. The van der Waals surface area contributed by atoms with Gasteiger partial charge in [-0.3, -0.25) is 0 Å². The van der Waals surface area contributed by atoms with Gasteiger partial charge in [-0.15, -0.1) is 0 Å². The molecule has 1 unspecified atom stereocenters. The maximum Gasteiger partial charge on any atom is 0.208 e. The van der Waals surface area contributed by atoms with Crippen LogP contribution in [0.1, 0.15) is 65.2 Å². The Bertz CT molecular complexity index is 312. The van der Waals surface area contributed by atoms with E-state index in [1.165, 1.54) is 56.2 Å². The number of hydrogen-bond donors (Lipinski definition) is 0. The van der Waals surface area contributed by atoms with E-state index in [1.807, 2.05) is 0 Å². The first-order chi connectivity index (χ1) is 9.88. The third-order valence-electron chi connectivity index (χ3n) is 3.76. The van der Waals surface area contributed by atoms with Crippen molar-refractivity contribution in [3.05, 3.63) is 30.3 Å². The van der Waals surface area contributed by atoms with E-state index in [4.69, 9.17) is 4.43 Å². The van der Waals surface area contributed by atoms with Gasteiger partial charge < -0.3 is 4.43 Å². The molecule has 2 heteroatoms. The van der Waals surface area contributed by atoms with Crippen LogP contribution in [0.5, 0.6) is 0 Å². The summed E-state index contributed by atoms with van der Waals surface area (Å²) in [6.07, 6.45) is 10.9. The molecule has 0 fully saturated rings. The molecule has 0 heterocycles. The summed E-state index contributed by atoms with van der Waals surface area (Å²) in [5.74, 6) is 0. The smallest absolute Gasteiger partial charge is 0.208 e. The highest BCUT2D eigenvalue weighted by atomic mass is 28.3. The molecule has 0 aliphatic heterocycles. The summed E-state index contributed by atoms with van der Waals surface area (Å²) in [6, 6.07) is 12.2. The van der Waals surface area contributed by atoms with Crippen LogP contribution >= 0.6 is 0 Å². The van der Waals surface area contributed by atoms with E-state index in [-0.39, 0.29) is 0 Å². The highest BCUT2D eigenvalue weighted by Crippen LogP contribution is 2.11. The molecule has 0 aliphatic carbocycles. The average Bonchev–Trinajstić information content (AvgIpc) is 2.50. The van der Waals surface area contributed by atoms with E-state index in [1.54, 1.807) is 0 Å². The van der Waals surface area contributed by atoms with Crippen molar-refractivity contribution < 1.29 is 4.43 Å². The van der Waals surface area contributed by atoms with Gasteiger partial charge in [-0.2, -0.15) is 0 Å². The molecule has 1 aromatic rings. The third kappa shape index (κ3) is 7.86. The van der Waals surface area contributed by atoms with Gasteiger partial charge in [-0.05, 0) is 17.7 Å². The second kappa shape index (κ2) is 12.2. The highest BCUT2D eigenvalue weighted by Gasteiger charge is 2.13. The maximum atomic E-state index is 6.16. The van der Waals surface area contributed by atoms with Crippen molar-refractivity contribution in [1.29, 1.82) is 0 Å². The lowest BCUT2D eigenvalue weighted by Crippen LogP contribution is -2.33. The fraction of sp³-hybridized carbons (Fsp3) is 0.667. The highest BCUT2D eigenvalue weighted by molar-refractivity contribution is 6.67. The first-order valence-electron chi connectivity index (χ1n) is 8.55. The molecule has 1 rings (SSSR count). The molecule has 20 heavy (non-hydrogen) atoms. The lowest BCUT2D eigenvalue weighted by molar-refractivity contribution is 0.324. The lowest BCUT2D eigenvalue weighted by Gasteiger charge is -2.16. The second-order valence-corrected chi connectivity index (χ2v) is 8.23. The average molecular weight is 293 g/mol. The molecule has 0 amide bonds. The summed E-state index contributed by atoms with van der Waals surface area (Å²) in [5, 5.41) is 1.48. The van der Waals surface area contributed by atoms with Gasteiger partial charge in [0.05, 0.1) is 0 Å². The minimum atomic E-state index is -1.17. The van der Waals surface area contributed by atoms with Crippen molar-refractivity contribution >= 4 is 14.2 Å². The summed E-state index contributed by atoms with van der Waals surface area (Å²) in [7, 11) is -1.17. The van der Waals surface area contributed by atoms with Crippen LogP contribution in [0.15, 0.2) is 30.3 Å². The van der Waals surface area contributed by atoms with Crippen LogP contribution in [-0.2, 0) is 4.43 Å². The zero-order valence-electron chi connectivity index (χ0n) is 13.4. The molecular formula is C18H32OSi. The molecule has 0 saturated heterocycles. The Kier molecular flexibility index (Phi) is 10.6. The van der Waals surface area contributed by atoms with Gasteiger partial charge in [-0.1, -0.05) is 89.1 Å². The Morgan fingerprint density at radius 3 is 2.10 bits per heavy atom. The summed E-state index contributed by atoms with van der Waals surface area (Å²) in [4.78, 5) is 0. The van der Waals surface area contributed by atoms with E-state index >= 15 is 0 Å². The summed E-state index contributed by atoms with van der Waals surface area (Å²) >= 11 is 0. The third-order valence-corrected chi connectivity index (χ3v) is 6.46. The minimum absolute atomic E-state index is 0.933. The standard InChI is InChI=1S/C18H32OSi/c1-3-5-6-7-8-9-13-17-20(19-16-4-2)18-14-11-10-12-15-18/h10-12,14-15,20H,3-9,13,16-17H2,1-2H3. The quantitative estimate of drug-likeness (QED) is 0.397. The molecule has 0 saturated carbocycles. The SMILES string of the molecule is CCCCCCCCC[SiH](OCCC)c1ccccc1. The molecule has 0 bridgehead atoms. The zero-order chi connectivity index (χ0) is 14.5. The fourth-order valence-corrected chi connectivity index (χ4v) is 5.08. The van der Waals surface area contributed by atoms with Gasteiger partial charge in [0.15, 0.2) is 0 Å². The van der Waals surface area contributed by atoms with Gasteiger partial charge in [0.2, 0.25) is 9.04 Å². The zero-order valence-corrected chi connectivity index (χ0v) is 14.6. The molecule has 114 valence electrons. The van der Waals surface area contributed by atoms with E-state index in [0.717, 1.165) is 13.0 Å². The number of rotatable bonds is 12. The van der Waals surface area contributed by atoms with Crippen LogP contribution in [0.4, 0.5) is 0 Å². The van der Waals surface area contributed by atoms with Gasteiger partial charge >= 0.3 is 0 Å². The van der Waals surface area contributed by atoms with Crippen molar-refractivity contribution in [2.75, 3.05) is 6.61 Å². The normalized spacial score (nSPS) is 12.5. The molecule has 1 nitrogen and oxygen atoms in total. The molecule has 0 aromatic heterocycles. The lowest BCUT2D eigenvalue weighted by atomic mass is 10.1. The van der Waals surface area contributed by atoms with Crippen LogP contribution in [0.25, 0.3) is 0 Å². The van der Waals surface area contributed by atoms with Crippen molar-refractivity contribution in [3.8, 4) is 0 Å². The first-order valence-corrected chi connectivity index (χ1v) is 10.4. The molecule has 1 atom stereocenters. The van der Waals surface area contributed by atoms with E-state index in [0.29, 0.717) is 0 Å². The Labute approximate surface area is 127 Å². The van der Waals surface area contributed by atoms with Crippen molar-refractivity contribution in [1.82, 2.24) is 0 Å². The van der Waals surface area contributed by atoms with Gasteiger partial charge in [-0.25, -0.2) is 0 Å². The molecule has 1 aromatic carbocycles. The van der Waals surface area contributed by atoms with Crippen molar-refractivity contribution in [3.63, 3.8) is 0 Å². The molecular weight excluding hydrogens is 260 g/mol. The van der Waals surface area contributed by atoms with Crippen LogP contribution in [0.3, 0.4) is 0 Å². The molecule has 0 spiro atoms. The van der Waals surface area contributed by atoms with Gasteiger partial charge in [0, 0.05) is 6.61 Å². The van der Waals surface area contributed by atoms with E-state index < -0.39 is 9.04 Å². The molecule has 0 aliphatic rings. The van der Waals surface area contributed by atoms with Crippen LogP contribution in [0.2, 0.25) is 6.04 Å². The number of hydrogen-bond acceptors (Lipinski definition) is 1. The fourth-order valence-electron chi connectivity index (χ4n) is 2.56. The van der Waals surface area contributed by atoms with Crippen molar-refractivity contribution in [2.45, 2.75) is 71.3 Å². The largest absolute Gasteiger partial charge is 0.415 e. The van der Waals surface area contributed by atoms with Gasteiger partial charge in [0.25, 0.3) is 0 Å². The predicted octanol–water partition coefficient (Wildman–Crippen LogP) is 4.79. The topological polar surface area (TPSA) is 9.23 Å². The van der Waals surface area contributed by atoms with E-state index in [2.05, 4.69) is 44.2 Å². The molecule has 0 radical (unpaired) electrons. The van der Waals surface area contributed by atoms with Gasteiger partial charge in [0.1, 0.15) is 0 Å². The Morgan fingerprint density at radius 2 is 1.45 bits per heavy atom. The first kappa shape index (κ1) is 17.4. The predicted molar refractivity (Wildman–Crippen MR) is 92.3 cm³/mol. The monoisotopic (exact) mass is 292 g/mol. The number of unbranched alkanes of at least 4 members (excludes halogenated alkanes) is 6. The number of benzene rings is 1. The van der Waals surface area contributed by atoms with Crippen LogP contribution < -0.4 is 5.19 Å². The van der Waals surface area contributed by atoms with Crippen LogP contribution in [0, 0.1) is 0 Å². The Morgan fingerprint density at radius 1 is 0.800 bits per heavy atom. The maximum absolute atomic E-state index is 6.16. The minimum Gasteiger partial charge on any atom is -0.415 e.